The number of hydrogen-bond donors (Lipinski definition) is 1. The van der Waals surface area contributed by atoms with Gasteiger partial charge in [-0.15, -0.1) is 0 Å². The second kappa shape index (κ2) is 5.02. The van der Waals surface area contributed by atoms with Crippen LogP contribution in [0.15, 0.2) is 10.8 Å². The minimum absolute atomic E-state index is 0.262. The number of rotatable bonds is 3. The fourth-order valence-electron chi connectivity index (χ4n) is 3.17. The van der Waals surface area contributed by atoms with Crippen molar-refractivity contribution < 1.29 is 4.79 Å². The van der Waals surface area contributed by atoms with E-state index in [1.807, 2.05) is 0 Å². The Bertz CT molecular complexity index is 437. The molecule has 1 N–H and O–H groups in total. The highest BCUT2D eigenvalue weighted by Crippen LogP contribution is 2.32. The van der Waals surface area contributed by atoms with Crippen LogP contribution < -0.4 is 5.32 Å². The molecule has 3 rings (SSSR count). The van der Waals surface area contributed by atoms with Crippen molar-refractivity contribution in [3.05, 3.63) is 21.9 Å². The van der Waals surface area contributed by atoms with Gasteiger partial charge in [-0.05, 0) is 47.6 Å². The first kappa shape index (κ1) is 12.2. The highest BCUT2D eigenvalue weighted by atomic mass is 32.1. The molecule has 1 aliphatic carbocycles. The Morgan fingerprint density at radius 3 is 2.83 bits per heavy atom. The largest absolute Gasteiger partial charge is 0.321 e. The van der Waals surface area contributed by atoms with Gasteiger partial charge in [0.25, 0.3) is 0 Å². The summed E-state index contributed by atoms with van der Waals surface area (Å²) in [6.45, 7) is 3.43. The molecule has 4 heteroatoms. The van der Waals surface area contributed by atoms with Gasteiger partial charge in [0.15, 0.2) is 0 Å². The topological polar surface area (TPSA) is 32.3 Å². The van der Waals surface area contributed by atoms with Crippen LogP contribution in [-0.2, 0) is 11.3 Å². The van der Waals surface area contributed by atoms with E-state index in [0.29, 0.717) is 12.5 Å². The van der Waals surface area contributed by atoms with E-state index in [9.17, 15) is 4.79 Å². The van der Waals surface area contributed by atoms with E-state index < -0.39 is 0 Å². The summed E-state index contributed by atoms with van der Waals surface area (Å²) in [5.41, 5.74) is 2.62. The molecule has 1 saturated heterocycles. The van der Waals surface area contributed by atoms with Gasteiger partial charge in [-0.3, -0.25) is 10.1 Å². The van der Waals surface area contributed by atoms with Crippen molar-refractivity contribution in [1.82, 2.24) is 10.2 Å². The van der Waals surface area contributed by atoms with E-state index in [1.54, 1.807) is 11.3 Å². The summed E-state index contributed by atoms with van der Waals surface area (Å²) in [4.78, 5) is 14.1. The average molecular weight is 264 g/mol. The fourth-order valence-corrected chi connectivity index (χ4v) is 4.02. The Kier molecular flexibility index (Phi) is 3.39. The molecule has 1 saturated carbocycles. The highest BCUT2D eigenvalue weighted by Gasteiger charge is 2.37. The Morgan fingerprint density at radius 2 is 2.17 bits per heavy atom. The van der Waals surface area contributed by atoms with Crippen molar-refractivity contribution in [2.45, 2.75) is 45.3 Å². The van der Waals surface area contributed by atoms with Crippen LogP contribution in [0.4, 0.5) is 0 Å². The zero-order valence-electron chi connectivity index (χ0n) is 10.8. The van der Waals surface area contributed by atoms with Gasteiger partial charge in [-0.1, -0.05) is 12.8 Å². The number of hydrogen-bond acceptors (Lipinski definition) is 3. The molecule has 0 radical (unpaired) electrons. The summed E-state index contributed by atoms with van der Waals surface area (Å²) in [7, 11) is 0. The average Bonchev–Trinajstić information content (AvgIpc) is 3.04. The normalized spacial score (nSPS) is 25.3. The second-order valence-electron chi connectivity index (χ2n) is 5.47. The molecule has 3 nitrogen and oxygen atoms in total. The second-order valence-corrected chi connectivity index (χ2v) is 6.22. The van der Waals surface area contributed by atoms with Crippen molar-refractivity contribution in [3.63, 3.8) is 0 Å². The molecule has 18 heavy (non-hydrogen) atoms. The Hall–Kier alpha value is -0.870. The molecular formula is C14H20N2OS. The lowest BCUT2D eigenvalue weighted by Crippen LogP contribution is -2.41. The molecule has 2 fully saturated rings. The monoisotopic (exact) mass is 264 g/mol. The van der Waals surface area contributed by atoms with Gasteiger partial charge < -0.3 is 4.90 Å². The van der Waals surface area contributed by atoms with Crippen molar-refractivity contribution in [2.75, 3.05) is 6.54 Å². The minimum atomic E-state index is 0.262. The quantitative estimate of drug-likeness (QED) is 0.910. The Balaban J connectivity index is 1.75. The summed E-state index contributed by atoms with van der Waals surface area (Å²) >= 11 is 1.73. The van der Waals surface area contributed by atoms with E-state index in [2.05, 4.69) is 27.9 Å². The lowest BCUT2D eigenvalue weighted by Gasteiger charge is -2.29. The lowest BCUT2D eigenvalue weighted by molar-refractivity contribution is -0.129. The third-order valence-corrected chi connectivity index (χ3v) is 5.18. The molecule has 2 aliphatic rings. The van der Waals surface area contributed by atoms with Crippen LogP contribution in [0, 0.1) is 12.8 Å². The zero-order valence-corrected chi connectivity index (χ0v) is 11.6. The van der Waals surface area contributed by atoms with Crippen LogP contribution in [0.5, 0.6) is 0 Å². The van der Waals surface area contributed by atoms with Crippen molar-refractivity contribution >= 4 is 17.2 Å². The molecule has 1 aliphatic heterocycles. The SMILES string of the molecule is Cc1cscc1CN1C(=O)CNC1C1CCCC1. The maximum absolute atomic E-state index is 12.0. The Morgan fingerprint density at radius 1 is 1.39 bits per heavy atom. The molecule has 1 aromatic heterocycles. The number of carbonyl (C=O) groups excluding carboxylic acids is 1. The standard InChI is InChI=1S/C14H20N2OS/c1-10-8-18-9-12(10)7-16-13(17)6-15-14(16)11-4-2-3-5-11/h8-9,11,14-15H,2-7H2,1H3. The van der Waals surface area contributed by atoms with Crippen LogP contribution in [-0.4, -0.2) is 23.5 Å². The number of nitrogens with zero attached hydrogens (tertiary/aromatic N) is 1. The smallest absolute Gasteiger partial charge is 0.238 e. The first-order valence-corrected chi connectivity index (χ1v) is 7.74. The van der Waals surface area contributed by atoms with Gasteiger partial charge in [0.05, 0.1) is 12.7 Å². The summed E-state index contributed by atoms with van der Waals surface area (Å²) in [6, 6.07) is 0. The van der Waals surface area contributed by atoms with E-state index in [4.69, 9.17) is 0 Å². The molecule has 98 valence electrons. The van der Waals surface area contributed by atoms with E-state index in [0.717, 1.165) is 6.54 Å². The van der Waals surface area contributed by atoms with Crippen molar-refractivity contribution in [2.24, 2.45) is 5.92 Å². The van der Waals surface area contributed by atoms with E-state index in [-0.39, 0.29) is 12.1 Å². The molecule has 1 atom stereocenters. The number of carbonyl (C=O) groups is 1. The van der Waals surface area contributed by atoms with Crippen LogP contribution in [0.2, 0.25) is 0 Å². The molecular weight excluding hydrogens is 244 g/mol. The Labute approximate surface area is 112 Å². The van der Waals surface area contributed by atoms with Crippen LogP contribution >= 0.6 is 11.3 Å². The third kappa shape index (κ3) is 2.19. The van der Waals surface area contributed by atoms with Gasteiger partial charge in [-0.25, -0.2) is 0 Å². The lowest BCUT2D eigenvalue weighted by atomic mass is 10.0. The third-order valence-electron chi connectivity index (χ3n) is 4.27. The molecule has 0 bridgehead atoms. The van der Waals surface area contributed by atoms with E-state index in [1.165, 1.54) is 36.8 Å². The maximum Gasteiger partial charge on any atom is 0.238 e. The minimum Gasteiger partial charge on any atom is -0.321 e. The summed E-state index contributed by atoms with van der Waals surface area (Å²) in [5.74, 6) is 0.924. The summed E-state index contributed by atoms with van der Waals surface area (Å²) < 4.78 is 0. The van der Waals surface area contributed by atoms with Gasteiger partial charge in [-0.2, -0.15) is 11.3 Å². The highest BCUT2D eigenvalue weighted by molar-refractivity contribution is 7.08. The molecule has 0 aromatic carbocycles. The molecule has 2 heterocycles. The van der Waals surface area contributed by atoms with E-state index >= 15 is 0 Å². The molecule has 0 spiro atoms. The van der Waals surface area contributed by atoms with Gasteiger partial charge in [0.1, 0.15) is 0 Å². The van der Waals surface area contributed by atoms with Crippen molar-refractivity contribution in [3.8, 4) is 0 Å². The van der Waals surface area contributed by atoms with Crippen LogP contribution in [0.25, 0.3) is 0 Å². The van der Waals surface area contributed by atoms with Gasteiger partial charge >= 0.3 is 0 Å². The first-order valence-electron chi connectivity index (χ1n) is 6.80. The zero-order chi connectivity index (χ0) is 12.5. The molecule has 1 aromatic rings. The van der Waals surface area contributed by atoms with Crippen LogP contribution in [0.3, 0.4) is 0 Å². The number of aryl methyl sites for hydroxylation is 1. The first-order chi connectivity index (χ1) is 8.75. The summed E-state index contributed by atoms with van der Waals surface area (Å²) in [5, 5.41) is 7.74. The van der Waals surface area contributed by atoms with Crippen molar-refractivity contribution in [1.29, 1.82) is 0 Å². The number of thiophene rings is 1. The predicted molar refractivity (Wildman–Crippen MR) is 73.4 cm³/mol. The van der Waals surface area contributed by atoms with Gasteiger partial charge in [0, 0.05) is 6.54 Å². The number of amides is 1. The van der Waals surface area contributed by atoms with Gasteiger partial charge in [0.2, 0.25) is 5.91 Å². The molecule has 1 amide bonds. The molecule has 1 unspecified atom stereocenters. The summed E-state index contributed by atoms with van der Waals surface area (Å²) in [6.07, 6.45) is 5.46. The predicted octanol–water partition coefficient (Wildman–Crippen LogP) is 2.50. The maximum atomic E-state index is 12.0. The van der Waals surface area contributed by atoms with Crippen LogP contribution in [0.1, 0.15) is 36.8 Å². The fraction of sp³-hybridized carbons (Fsp3) is 0.643. The number of nitrogens with one attached hydrogen (secondary N) is 1.